The Labute approximate surface area is 52.3 Å². The first kappa shape index (κ1) is 8.07. The van der Waals surface area contributed by atoms with Gasteiger partial charge in [0.25, 0.3) is 6.43 Å². The standard InChI is InChI=1S/C5H8F2N2/c1-2-3-8-9-4-5(6)7/h2-5,8H,1H3/b3-2+,9-4+. The largest absolute Gasteiger partial charge is 0.286 e. The Balaban J connectivity index is 3.25. The summed E-state index contributed by atoms with van der Waals surface area (Å²) in [5.74, 6) is 0. The van der Waals surface area contributed by atoms with Crippen LogP contribution >= 0.6 is 0 Å². The molecule has 0 spiro atoms. The van der Waals surface area contributed by atoms with Gasteiger partial charge < -0.3 is 0 Å². The average Bonchev–Trinajstić information content (AvgIpc) is 1.80. The monoisotopic (exact) mass is 134 g/mol. The van der Waals surface area contributed by atoms with Gasteiger partial charge in [-0.1, -0.05) is 6.08 Å². The van der Waals surface area contributed by atoms with Gasteiger partial charge in [0.1, 0.15) is 0 Å². The van der Waals surface area contributed by atoms with Crippen LogP contribution in [-0.4, -0.2) is 12.6 Å². The van der Waals surface area contributed by atoms with Crippen LogP contribution in [0.3, 0.4) is 0 Å². The van der Waals surface area contributed by atoms with E-state index in [1.165, 1.54) is 6.20 Å². The van der Waals surface area contributed by atoms with Crippen molar-refractivity contribution < 1.29 is 8.78 Å². The molecule has 0 amide bonds. The summed E-state index contributed by atoms with van der Waals surface area (Å²) < 4.78 is 22.5. The second kappa shape index (κ2) is 5.21. The quantitative estimate of drug-likeness (QED) is 0.457. The van der Waals surface area contributed by atoms with Crippen molar-refractivity contribution in [3.05, 3.63) is 12.3 Å². The fraction of sp³-hybridized carbons (Fsp3) is 0.400. The van der Waals surface area contributed by atoms with E-state index in [1.54, 1.807) is 13.0 Å². The Morgan fingerprint density at radius 1 is 1.56 bits per heavy atom. The van der Waals surface area contributed by atoms with Crippen LogP contribution in [-0.2, 0) is 0 Å². The molecule has 9 heavy (non-hydrogen) atoms. The van der Waals surface area contributed by atoms with Gasteiger partial charge in [-0.15, -0.1) is 0 Å². The zero-order valence-corrected chi connectivity index (χ0v) is 5.01. The number of hydrazone groups is 1. The van der Waals surface area contributed by atoms with E-state index < -0.39 is 6.43 Å². The van der Waals surface area contributed by atoms with Crippen LogP contribution in [0.5, 0.6) is 0 Å². The van der Waals surface area contributed by atoms with Crippen molar-refractivity contribution in [2.45, 2.75) is 13.3 Å². The second-order valence-corrected chi connectivity index (χ2v) is 1.24. The summed E-state index contributed by atoms with van der Waals surface area (Å²) in [6.45, 7) is 1.75. The normalized spacial score (nSPS) is 12.0. The van der Waals surface area contributed by atoms with Gasteiger partial charge in [0, 0.05) is 6.20 Å². The maximum atomic E-state index is 11.2. The predicted octanol–water partition coefficient (Wildman–Crippen LogP) is 1.36. The Morgan fingerprint density at radius 2 is 2.22 bits per heavy atom. The first-order chi connectivity index (χ1) is 4.27. The van der Waals surface area contributed by atoms with Crippen molar-refractivity contribution in [2.24, 2.45) is 5.10 Å². The summed E-state index contributed by atoms with van der Waals surface area (Å²) in [7, 11) is 0. The van der Waals surface area contributed by atoms with E-state index >= 15 is 0 Å². The Morgan fingerprint density at radius 3 is 2.67 bits per heavy atom. The topological polar surface area (TPSA) is 24.4 Å². The third kappa shape index (κ3) is 7.07. The van der Waals surface area contributed by atoms with Crippen LogP contribution in [0.15, 0.2) is 17.4 Å². The van der Waals surface area contributed by atoms with E-state index in [0.29, 0.717) is 6.21 Å². The highest BCUT2D eigenvalue weighted by molar-refractivity contribution is 5.60. The lowest BCUT2D eigenvalue weighted by Crippen LogP contribution is -1.98. The molecule has 0 aromatic rings. The minimum absolute atomic E-state index is 0.528. The van der Waals surface area contributed by atoms with Gasteiger partial charge in [-0.2, -0.15) is 5.10 Å². The molecular formula is C5H8F2N2. The number of nitrogens with zero attached hydrogens (tertiary/aromatic N) is 1. The first-order valence-electron chi connectivity index (χ1n) is 2.45. The van der Waals surface area contributed by atoms with E-state index in [-0.39, 0.29) is 0 Å². The van der Waals surface area contributed by atoms with E-state index in [0.717, 1.165) is 0 Å². The van der Waals surface area contributed by atoms with Crippen LogP contribution in [0.25, 0.3) is 0 Å². The highest BCUT2D eigenvalue weighted by Crippen LogP contribution is 1.83. The molecule has 0 aromatic carbocycles. The molecule has 0 rings (SSSR count). The smallest absolute Gasteiger partial charge is 0.275 e. The molecule has 2 nitrogen and oxygen atoms in total. The molecule has 0 saturated heterocycles. The molecule has 0 aliphatic heterocycles. The fourth-order valence-electron chi connectivity index (χ4n) is 0.217. The maximum Gasteiger partial charge on any atom is 0.275 e. The lowest BCUT2D eigenvalue weighted by atomic mass is 10.7. The number of hydrogen-bond donors (Lipinski definition) is 1. The Bertz CT molecular complexity index is 110. The van der Waals surface area contributed by atoms with Crippen molar-refractivity contribution in [2.75, 3.05) is 0 Å². The molecule has 0 saturated carbocycles. The summed E-state index contributed by atoms with van der Waals surface area (Å²) in [5, 5.41) is 3.15. The van der Waals surface area contributed by atoms with Crippen LogP contribution in [0.2, 0.25) is 0 Å². The minimum atomic E-state index is -2.48. The van der Waals surface area contributed by atoms with Crippen molar-refractivity contribution in [3.8, 4) is 0 Å². The maximum absolute atomic E-state index is 11.2. The van der Waals surface area contributed by atoms with Gasteiger partial charge in [-0.05, 0) is 6.92 Å². The summed E-state index contributed by atoms with van der Waals surface area (Å²) in [6.07, 6.45) is 1.16. The van der Waals surface area contributed by atoms with Gasteiger partial charge in [-0.3, -0.25) is 5.43 Å². The van der Waals surface area contributed by atoms with Crippen molar-refractivity contribution in [3.63, 3.8) is 0 Å². The summed E-state index contributed by atoms with van der Waals surface area (Å²) in [6, 6.07) is 0. The second-order valence-electron chi connectivity index (χ2n) is 1.24. The molecule has 0 fully saturated rings. The highest BCUT2D eigenvalue weighted by atomic mass is 19.3. The predicted molar refractivity (Wildman–Crippen MR) is 32.4 cm³/mol. The van der Waals surface area contributed by atoms with Gasteiger partial charge >= 0.3 is 0 Å². The third-order valence-corrected chi connectivity index (χ3v) is 0.503. The highest BCUT2D eigenvalue weighted by Gasteiger charge is 1.91. The van der Waals surface area contributed by atoms with Crippen LogP contribution in [0.4, 0.5) is 8.78 Å². The van der Waals surface area contributed by atoms with Gasteiger partial charge in [0.15, 0.2) is 0 Å². The number of hydrogen-bond acceptors (Lipinski definition) is 2. The molecule has 0 atom stereocenters. The van der Waals surface area contributed by atoms with Gasteiger partial charge in [0.2, 0.25) is 0 Å². The summed E-state index contributed by atoms with van der Waals surface area (Å²) in [5.41, 5.74) is 2.28. The average molecular weight is 134 g/mol. The number of alkyl halides is 2. The molecule has 0 aliphatic rings. The van der Waals surface area contributed by atoms with Crippen molar-refractivity contribution in [1.29, 1.82) is 0 Å². The fourth-order valence-corrected chi connectivity index (χ4v) is 0.217. The number of halogens is 2. The van der Waals surface area contributed by atoms with Crippen molar-refractivity contribution in [1.82, 2.24) is 5.43 Å². The van der Waals surface area contributed by atoms with Crippen LogP contribution in [0, 0.1) is 0 Å². The van der Waals surface area contributed by atoms with E-state index in [1.807, 2.05) is 0 Å². The lowest BCUT2D eigenvalue weighted by molar-refractivity contribution is 0.231. The first-order valence-corrected chi connectivity index (χ1v) is 2.45. The van der Waals surface area contributed by atoms with Gasteiger partial charge in [0.05, 0.1) is 6.21 Å². The minimum Gasteiger partial charge on any atom is -0.286 e. The summed E-state index contributed by atoms with van der Waals surface area (Å²) in [4.78, 5) is 0. The molecule has 52 valence electrons. The zero-order valence-electron chi connectivity index (χ0n) is 5.01. The zero-order chi connectivity index (χ0) is 7.11. The molecule has 1 N–H and O–H groups in total. The molecule has 0 aromatic heterocycles. The molecule has 0 heterocycles. The molecule has 0 bridgehead atoms. The van der Waals surface area contributed by atoms with Gasteiger partial charge in [-0.25, -0.2) is 8.78 Å². The molecular weight excluding hydrogens is 126 g/mol. The number of allylic oxidation sites excluding steroid dienone is 1. The summed E-state index contributed by atoms with van der Waals surface area (Å²) >= 11 is 0. The number of nitrogens with one attached hydrogen (secondary N) is 1. The van der Waals surface area contributed by atoms with E-state index in [4.69, 9.17) is 0 Å². The van der Waals surface area contributed by atoms with Crippen LogP contribution < -0.4 is 5.43 Å². The molecule has 4 heteroatoms. The third-order valence-electron chi connectivity index (χ3n) is 0.503. The van der Waals surface area contributed by atoms with E-state index in [2.05, 4.69) is 10.5 Å². The van der Waals surface area contributed by atoms with Crippen molar-refractivity contribution >= 4 is 6.21 Å². The Kier molecular flexibility index (Phi) is 4.67. The molecule has 0 unspecified atom stereocenters. The molecule has 0 aliphatic carbocycles. The lowest BCUT2D eigenvalue weighted by Gasteiger charge is -1.86. The Hall–Kier alpha value is -0.930. The van der Waals surface area contributed by atoms with E-state index in [9.17, 15) is 8.78 Å². The SMILES string of the molecule is C/C=C/N/N=C/C(F)F. The van der Waals surface area contributed by atoms with Crippen LogP contribution in [0.1, 0.15) is 6.92 Å². The number of rotatable bonds is 3. The molecule has 0 radical (unpaired) electrons.